The molecule has 0 N–H and O–H groups in total. The Morgan fingerprint density at radius 1 is 1.18 bits per heavy atom. The van der Waals surface area contributed by atoms with Gasteiger partial charge in [0, 0.05) is 18.0 Å². The molecule has 0 aliphatic rings. The van der Waals surface area contributed by atoms with Crippen molar-refractivity contribution in [1.82, 2.24) is 9.55 Å². The van der Waals surface area contributed by atoms with E-state index in [2.05, 4.69) is 25.8 Å². The largest absolute Gasteiger partial charge is 0.337 e. The Morgan fingerprint density at radius 2 is 1.82 bits per heavy atom. The fraction of sp³-hybridized carbons (Fsp3) is 0.357. The molecule has 2 rings (SSSR count). The predicted octanol–water partition coefficient (Wildman–Crippen LogP) is 3.52. The Labute approximate surface area is 101 Å². The van der Waals surface area contributed by atoms with Crippen LogP contribution in [0.3, 0.4) is 0 Å². The van der Waals surface area contributed by atoms with Gasteiger partial charge in [0.25, 0.3) is 0 Å². The first-order valence-electron chi connectivity index (χ1n) is 5.68. The molecule has 0 aliphatic carbocycles. The van der Waals surface area contributed by atoms with Crippen LogP contribution < -0.4 is 0 Å². The first-order valence-corrected chi connectivity index (χ1v) is 5.68. The van der Waals surface area contributed by atoms with E-state index in [0.29, 0.717) is 5.56 Å². The summed E-state index contributed by atoms with van der Waals surface area (Å²) >= 11 is 0. The van der Waals surface area contributed by atoms with Crippen molar-refractivity contribution >= 4 is 0 Å². The van der Waals surface area contributed by atoms with E-state index in [-0.39, 0.29) is 11.2 Å². The van der Waals surface area contributed by atoms with Gasteiger partial charge in [0.1, 0.15) is 5.82 Å². The van der Waals surface area contributed by atoms with E-state index in [9.17, 15) is 4.39 Å². The minimum atomic E-state index is -0.225. The van der Waals surface area contributed by atoms with Gasteiger partial charge in [0.15, 0.2) is 0 Å². The van der Waals surface area contributed by atoms with Gasteiger partial charge in [-0.15, -0.1) is 0 Å². The normalized spacial score (nSPS) is 11.8. The lowest BCUT2D eigenvalue weighted by molar-refractivity contribution is 0.544. The molecule has 0 fully saturated rings. The van der Waals surface area contributed by atoms with Crippen LogP contribution in [0.5, 0.6) is 0 Å². The molecule has 90 valence electrons. The van der Waals surface area contributed by atoms with Gasteiger partial charge in [0.05, 0.1) is 17.7 Å². The number of aromatic nitrogens is 2. The molecule has 2 aromatic rings. The van der Waals surface area contributed by atoms with Gasteiger partial charge in [-0.1, -0.05) is 32.9 Å². The van der Waals surface area contributed by atoms with Gasteiger partial charge in [-0.05, 0) is 12.1 Å². The second kappa shape index (κ2) is 3.99. The van der Waals surface area contributed by atoms with Crippen LogP contribution in [0.1, 0.15) is 26.5 Å². The second-order valence-electron chi connectivity index (χ2n) is 5.28. The van der Waals surface area contributed by atoms with Gasteiger partial charge >= 0.3 is 0 Å². The molecule has 3 heteroatoms. The van der Waals surface area contributed by atoms with Crippen LogP contribution in [0.25, 0.3) is 11.3 Å². The molecule has 0 aliphatic heterocycles. The first-order chi connectivity index (χ1) is 7.91. The topological polar surface area (TPSA) is 17.8 Å². The van der Waals surface area contributed by atoms with Crippen molar-refractivity contribution in [3.05, 3.63) is 42.1 Å². The number of hydrogen-bond donors (Lipinski definition) is 0. The summed E-state index contributed by atoms with van der Waals surface area (Å²) in [6.07, 6.45) is 1.74. The second-order valence-corrected chi connectivity index (χ2v) is 5.28. The standard InChI is InChI=1S/C14H17FN2/c1-14(2,3)13-12(16-9-17(13)4)10-7-5-6-8-11(10)15/h5-9H,1-4H3. The molecule has 0 atom stereocenters. The van der Waals surface area contributed by atoms with Crippen LogP contribution in [-0.2, 0) is 12.5 Å². The predicted molar refractivity (Wildman–Crippen MR) is 67.3 cm³/mol. The van der Waals surface area contributed by atoms with E-state index in [1.54, 1.807) is 18.5 Å². The molecule has 0 radical (unpaired) electrons. The highest BCUT2D eigenvalue weighted by Crippen LogP contribution is 2.32. The molecule has 0 spiro atoms. The molecule has 0 amide bonds. The highest BCUT2D eigenvalue weighted by atomic mass is 19.1. The zero-order valence-corrected chi connectivity index (χ0v) is 10.7. The lowest BCUT2D eigenvalue weighted by atomic mass is 9.88. The number of hydrogen-bond acceptors (Lipinski definition) is 1. The van der Waals surface area contributed by atoms with Gasteiger partial charge < -0.3 is 4.57 Å². The Morgan fingerprint density at radius 3 is 2.41 bits per heavy atom. The lowest BCUT2D eigenvalue weighted by Gasteiger charge is -2.21. The monoisotopic (exact) mass is 232 g/mol. The van der Waals surface area contributed by atoms with Gasteiger partial charge in [-0.2, -0.15) is 0 Å². The highest BCUT2D eigenvalue weighted by Gasteiger charge is 2.24. The van der Waals surface area contributed by atoms with E-state index in [0.717, 1.165) is 11.4 Å². The van der Waals surface area contributed by atoms with E-state index in [1.165, 1.54) is 6.07 Å². The van der Waals surface area contributed by atoms with Crippen LogP contribution in [0, 0.1) is 5.82 Å². The summed E-state index contributed by atoms with van der Waals surface area (Å²) in [6.45, 7) is 6.32. The number of benzene rings is 1. The molecule has 1 heterocycles. The zero-order valence-electron chi connectivity index (χ0n) is 10.7. The Bertz CT molecular complexity index is 535. The average Bonchev–Trinajstić information content (AvgIpc) is 2.60. The molecule has 1 aromatic carbocycles. The summed E-state index contributed by atoms with van der Waals surface area (Å²) < 4.78 is 15.8. The molecule has 17 heavy (non-hydrogen) atoms. The zero-order chi connectivity index (χ0) is 12.6. The van der Waals surface area contributed by atoms with Crippen LogP contribution in [0.4, 0.5) is 4.39 Å². The molecule has 0 bridgehead atoms. The summed E-state index contributed by atoms with van der Waals surface area (Å²) in [4.78, 5) is 4.34. The number of aryl methyl sites for hydroxylation is 1. The first kappa shape index (κ1) is 11.8. The third-order valence-electron chi connectivity index (χ3n) is 2.78. The Balaban J connectivity index is 2.66. The Hall–Kier alpha value is -1.64. The van der Waals surface area contributed by atoms with Crippen LogP contribution >= 0.6 is 0 Å². The number of imidazole rings is 1. The number of halogens is 1. The summed E-state index contributed by atoms with van der Waals surface area (Å²) in [5, 5.41) is 0. The molecule has 1 aromatic heterocycles. The van der Waals surface area contributed by atoms with Crippen molar-refractivity contribution in [2.45, 2.75) is 26.2 Å². The van der Waals surface area contributed by atoms with E-state index >= 15 is 0 Å². The molecular formula is C14H17FN2. The summed E-state index contributed by atoms with van der Waals surface area (Å²) in [6, 6.07) is 6.77. The van der Waals surface area contributed by atoms with Gasteiger partial charge in [-0.3, -0.25) is 0 Å². The van der Waals surface area contributed by atoms with Crippen molar-refractivity contribution < 1.29 is 4.39 Å². The summed E-state index contributed by atoms with van der Waals surface area (Å²) in [5.41, 5.74) is 2.28. The van der Waals surface area contributed by atoms with Gasteiger partial charge in [-0.25, -0.2) is 9.37 Å². The highest BCUT2D eigenvalue weighted by molar-refractivity contribution is 5.63. The van der Waals surface area contributed by atoms with Crippen molar-refractivity contribution in [3.8, 4) is 11.3 Å². The molecule has 0 saturated heterocycles. The van der Waals surface area contributed by atoms with Crippen molar-refractivity contribution in [2.24, 2.45) is 7.05 Å². The van der Waals surface area contributed by atoms with Crippen LogP contribution in [0.15, 0.2) is 30.6 Å². The van der Waals surface area contributed by atoms with Crippen molar-refractivity contribution in [3.63, 3.8) is 0 Å². The maximum atomic E-state index is 13.8. The van der Waals surface area contributed by atoms with E-state index < -0.39 is 0 Å². The minimum Gasteiger partial charge on any atom is -0.337 e. The molecular weight excluding hydrogens is 215 g/mol. The molecule has 0 saturated carbocycles. The fourth-order valence-corrected chi connectivity index (χ4v) is 2.16. The minimum absolute atomic E-state index is 0.0666. The maximum absolute atomic E-state index is 13.8. The Kier molecular flexibility index (Phi) is 2.77. The number of nitrogens with zero attached hydrogens (tertiary/aromatic N) is 2. The molecule has 0 unspecified atom stereocenters. The lowest BCUT2D eigenvalue weighted by Crippen LogP contribution is -2.17. The van der Waals surface area contributed by atoms with Crippen LogP contribution in [-0.4, -0.2) is 9.55 Å². The summed E-state index contributed by atoms with van der Waals surface area (Å²) in [7, 11) is 1.94. The SMILES string of the molecule is Cn1cnc(-c2ccccc2F)c1C(C)(C)C. The van der Waals surface area contributed by atoms with E-state index in [4.69, 9.17) is 0 Å². The smallest absolute Gasteiger partial charge is 0.132 e. The van der Waals surface area contributed by atoms with Crippen LogP contribution in [0.2, 0.25) is 0 Å². The maximum Gasteiger partial charge on any atom is 0.132 e. The fourth-order valence-electron chi connectivity index (χ4n) is 2.16. The van der Waals surface area contributed by atoms with E-state index in [1.807, 2.05) is 17.7 Å². The number of rotatable bonds is 1. The van der Waals surface area contributed by atoms with Crippen molar-refractivity contribution in [2.75, 3.05) is 0 Å². The average molecular weight is 232 g/mol. The summed E-state index contributed by atoms with van der Waals surface area (Å²) in [5.74, 6) is -0.225. The van der Waals surface area contributed by atoms with Crippen molar-refractivity contribution in [1.29, 1.82) is 0 Å². The third kappa shape index (κ3) is 2.09. The third-order valence-corrected chi connectivity index (χ3v) is 2.78. The molecule has 2 nitrogen and oxygen atoms in total. The quantitative estimate of drug-likeness (QED) is 0.735. The van der Waals surface area contributed by atoms with Gasteiger partial charge in [0.2, 0.25) is 0 Å².